The lowest BCUT2D eigenvalue weighted by atomic mass is 10.1. The fraction of sp³-hybridized carbons (Fsp3) is 0.533. The van der Waals surface area contributed by atoms with E-state index in [0.717, 1.165) is 32.8 Å². The first-order valence-corrected chi connectivity index (χ1v) is 7.87. The van der Waals surface area contributed by atoms with Crippen LogP contribution in [-0.2, 0) is 4.74 Å². The number of halogens is 2. The number of amides is 1. The number of carbonyl (C=O) groups excluding carboxylic acids is 1. The van der Waals surface area contributed by atoms with Gasteiger partial charge in [0.1, 0.15) is 5.56 Å². The summed E-state index contributed by atoms with van der Waals surface area (Å²) in [7, 11) is 3.22. The van der Waals surface area contributed by atoms with Gasteiger partial charge >= 0.3 is 0 Å². The van der Waals surface area contributed by atoms with Crippen molar-refractivity contribution >= 4 is 29.1 Å². The highest BCUT2D eigenvalue weighted by Crippen LogP contribution is 2.34. The van der Waals surface area contributed by atoms with Gasteiger partial charge in [-0.2, -0.15) is 0 Å². The molecule has 0 radical (unpaired) electrons. The maximum absolute atomic E-state index is 12.6. The van der Waals surface area contributed by atoms with E-state index >= 15 is 0 Å². The largest absolute Gasteiger partial charge is 0.494 e. The Hall–Kier alpha value is -1.01. The molecule has 1 aromatic carbocycles. The summed E-state index contributed by atoms with van der Waals surface area (Å²) < 4.78 is 10.5. The third kappa shape index (κ3) is 4.04. The third-order valence-corrected chi connectivity index (χ3v) is 4.29. The minimum Gasteiger partial charge on any atom is -0.494 e. The van der Waals surface area contributed by atoms with Crippen LogP contribution in [0.15, 0.2) is 12.1 Å². The zero-order chi connectivity index (χ0) is 16.1. The molecule has 0 saturated carbocycles. The lowest BCUT2D eigenvalue weighted by Crippen LogP contribution is -2.42. The summed E-state index contributed by atoms with van der Waals surface area (Å²) in [5.74, 6) is 0.120. The number of morpholine rings is 1. The van der Waals surface area contributed by atoms with Gasteiger partial charge in [-0.3, -0.25) is 9.69 Å². The molecule has 0 bridgehead atoms. The Labute approximate surface area is 140 Å². The first kappa shape index (κ1) is 17.3. The highest BCUT2D eigenvalue weighted by atomic mass is 35.5. The molecule has 1 saturated heterocycles. The van der Waals surface area contributed by atoms with Crippen LogP contribution in [0.4, 0.5) is 0 Å². The summed E-state index contributed by atoms with van der Waals surface area (Å²) in [6.07, 6.45) is 0. The number of carbonyl (C=O) groups is 1. The van der Waals surface area contributed by atoms with Crippen molar-refractivity contribution in [3.63, 3.8) is 0 Å². The van der Waals surface area contributed by atoms with E-state index in [1.807, 2.05) is 0 Å². The molecule has 5 nitrogen and oxygen atoms in total. The molecule has 1 amide bonds. The first-order chi connectivity index (χ1) is 10.5. The van der Waals surface area contributed by atoms with Crippen molar-refractivity contribution in [2.45, 2.75) is 0 Å². The van der Waals surface area contributed by atoms with Gasteiger partial charge in [0.25, 0.3) is 5.91 Å². The Balaban J connectivity index is 2.05. The Kier molecular flexibility index (Phi) is 6.32. The van der Waals surface area contributed by atoms with Crippen LogP contribution in [-0.4, -0.2) is 69.3 Å². The molecule has 0 aromatic heterocycles. The Morgan fingerprint density at radius 3 is 2.59 bits per heavy atom. The van der Waals surface area contributed by atoms with Crippen molar-refractivity contribution in [2.75, 3.05) is 53.6 Å². The smallest absolute Gasteiger partial charge is 0.258 e. The second kappa shape index (κ2) is 8.02. The van der Waals surface area contributed by atoms with Crippen molar-refractivity contribution in [3.8, 4) is 5.75 Å². The molecule has 0 atom stereocenters. The Morgan fingerprint density at radius 1 is 1.32 bits per heavy atom. The lowest BCUT2D eigenvalue weighted by Gasteiger charge is -2.28. The van der Waals surface area contributed by atoms with Gasteiger partial charge in [0.05, 0.1) is 30.4 Å². The first-order valence-electron chi connectivity index (χ1n) is 7.12. The molecule has 2 rings (SSSR count). The number of nitrogens with zero attached hydrogens (tertiary/aromatic N) is 2. The maximum Gasteiger partial charge on any atom is 0.258 e. The molecule has 1 aliphatic heterocycles. The van der Waals surface area contributed by atoms with Crippen LogP contribution >= 0.6 is 23.2 Å². The topological polar surface area (TPSA) is 42.0 Å². The van der Waals surface area contributed by atoms with Crippen molar-refractivity contribution in [3.05, 3.63) is 27.7 Å². The van der Waals surface area contributed by atoms with Crippen molar-refractivity contribution in [1.29, 1.82) is 0 Å². The van der Waals surface area contributed by atoms with Gasteiger partial charge in [0, 0.05) is 33.2 Å². The van der Waals surface area contributed by atoms with Gasteiger partial charge in [-0.05, 0) is 12.1 Å². The number of methoxy groups -OCH3 is 1. The predicted octanol–water partition coefficient (Wildman–Crippen LogP) is 2.41. The van der Waals surface area contributed by atoms with Crippen LogP contribution in [0.1, 0.15) is 10.4 Å². The van der Waals surface area contributed by atoms with Crippen LogP contribution in [0, 0.1) is 0 Å². The summed E-state index contributed by atoms with van der Waals surface area (Å²) in [5.41, 5.74) is 0.307. The normalized spacial score (nSPS) is 15.6. The van der Waals surface area contributed by atoms with E-state index in [1.165, 1.54) is 7.11 Å². The van der Waals surface area contributed by atoms with E-state index in [2.05, 4.69) is 4.90 Å². The lowest BCUT2D eigenvalue weighted by molar-refractivity contribution is 0.0338. The van der Waals surface area contributed by atoms with Crippen LogP contribution in [0.5, 0.6) is 5.75 Å². The van der Waals surface area contributed by atoms with Gasteiger partial charge < -0.3 is 14.4 Å². The molecule has 1 aromatic rings. The molecule has 0 aliphatic carbocycles. The molecule has 22 heavy (non-hydrogen) atoms. The van der Waals surface area contributed by atoms with Crippen LogP contribution in [0.3, 0.4) is 0 Å². The number of ether oxygens (including phenoxy) is 2. The quantitative estimate of drug-likeness (QED) is 0.820. The van der Waals surface area contributed by atoms with Crippen molar-refractivity contribution in [2.24, 2.45) is 0 Å². The summed E-state index contributed by atoms with van der Waals surface area (Å²) in [4.78, 5) is 16.5. The molecule has 0 N–H and O–H groups in total. The standard InChI is InChI=1S/C15H20Cl2N2O3/c1-18(5-6-19-7-9-22-10-8-19)15(20)13-11(16)3-4-12(17)14(13)21-2/h3-4H,5-10H2,1-2H3. The molecular weight excluding hydrogens is 327 g/mol. The monoisotopic (exact) mass is 346 g/mol. The van der Waals surface area contributed by atoms with Gasteiger partial charge in [0.2, 0.25) is 0 Å². The third-order valence-electron chi connectivity index (χ3n) is 3.68. The number of benzene rings is 1. The SMILES string of the molecule is COc1c(Cl)ccc(Cl)c1C(=O)N(C)CCN1CCOCC1. The van der Waals surface area contributed by atoms with E-state index in [4.69, 9.17) is 32.7 Å². The van der Waals surface area contributed by atoms with Crippen molar-refractivity contribution < 1.29 is 14.3 Å². The van der Waals surface area contributed by atoms with Gasteiger partial charge in [-0.1, -0.05) is 23.2 Å². The predicted molar refractivity (Wildman–Crippen MR) is 87.2 cm³/mol. The summed E-state index contributed by atoms with van der Waals surface area (Å²) >= 11 is 12.2. The molecule has 1 aliphatic rings. The summed E-state index contributed by atoms with van der Waals surface area (Å²) in [6, 6.07) is 3.22. The highest BCUT2D eigenvalue weighted by Gasteiger charge is 2.23. The molecule has 0 unspecified atom stereocenters. The Bertz CT molecular complexity index is 534. The fourth-order valence-electron chi connectivity index (χ4n) is 2.34. The highest BCUT2D eigenvalue weighted by molar-refractivity contribution is 6.37. The van der Waals surface area contributed by atoms with E-state index in [1.54, 1.807) is 24.1 Å². The maximum atomic E-state index is 12.6. The minimum absolute atomic E-state index is 0.197. The van der Waals surface area contributed by atoms with Crippen LogP contribution < -0.4 is 4.74 Å². The second-order valence-corrected chi connectivity index (χ2v) is 5.93. The van der Waals surface area contributed by atoms with E-state index in [0.29, 0.717) is 27.9 Å². The van der Waals surface area contributed by atoms with Gasteiger partial charge in [-0.25, -0.2) is 0 Å². The molecule has 1 fully saturated rings. The van der Waals surface area contributed by atoms with Crippen LogP contribution in [0.25, 0.3) is 0 Å². The number of likely N-dealkylation sites (N-methyl/N-ethyl adjacent to an activating group) is 1. The molecule has 122 valence electrons. The number of hydrogen-bond acceptors (Lipinski definition) is 4. The zero-order valence-corrected chi connectivity index (χ0v) is 14.3. The second-order valence-electron chi connectivity index (χ2n) is 5.12. The van der Waals surface area contributed by atoms with Gasteiger partial charge in [-0.15, -0.1) is 0 Å². The molecular formula is C15H20Cl2N2O3. The van der Waals surface area contributed by atoms with Gasteiger partial charge in [0.15, 0.2) is 5.75 Å². The summed E-state index contributed by atoms with van der Waals surface area (Å²) in [5, 5.41) is 0.710. The van der Waals surface area contributed by atoms with E-state index in [-0.39, 0.29) is 5.91 Å². The molecule has 1 heterocycles. The molecule has 0 spiro atoms. The van der Waals surface area contributed by atoms with E-state index in [9.17, 15) is 4.79 Å². The molecule has 7 heteroatoms. The number of rotatable bonds is 5. The fourth-order valence-corrected chi connectivity index (χ4v) is 2.80. The average molecular weight is 347 g/mol. The van der Waals surface area contributed by atoms with E-state index < -0.39 is 0 Å². The average Bonchev–Trinajstić information content (AvgIpc) is 2.54. The van der Waals surface area contributed by atoms with Crippen LogP contribution in [0.2, 0.25) is 10.0 Å². The summed E-state index contributed by atoms with van der Waals surface area (Å²) in [6.45, 7) is 4.67. The Morgan fingerprint density at radius 2 is 1.95 bits per heavy atom. The zero-order valence-electron chi connectivity index (χ0n) is 12.8. The minimum atomic E-state index is -0.197. The number of hydrogen-bond donors (Lipinski definition) is 0. The van der Waals surface area contributed by atoms with Crippen molar-refractivity contribution in [1.82, 2.24) is 9.80 Å².